The number of carbonyl (C=O) groups excluding carboxylic acids is 1. The Balaban J connectivity index is 4.10. The van der Waals surface area contributed by atoms with Crippen molar-refractivity contribution in [3.8, 4) is 0 Å². The number of rotatable bonds is 1. The normalized spacial score (nSPS) is 7.00. The summed E-state index contributed by atoms with van der Waals surface area (Å²) in [6.45, 7) is 1.44. The van der Waals surface area contributed by atoms with Crippen LogP contribution < -0.4 is 5.73 Å². The molecule has 7 heavy (non-hydrogen) atoms. The Labute approximate surface area is 41.3 Å². The van der Waals surface area contributed by atoms with E-state index in [-0.39, 0.29) is 11.4 Å². The van der Waals surface area contributed by atoms with Crippen molar-refractivity contribution in [3.05, 3.63) is 5.57 Å². The maximum Gasteiger partial charge on any atom is 0.131 e. The quantitative estimate of drug-likeness (QED) is 0.268. The lowest BCUT2D eigenvalue weighted by atomic mass is 10.3. The minimum absolute atomic E-state index is 0.153. The molecule has 0 aromatic heterocycles. The Bertz CT molecular complexity index is 133. The lowest BCUT2D eigenvalue weighted by molar-refractivity contribution is 0.568. The van der Waals surface area contributed by atoms with Gasteiger partial charge in [-0.3, -0.25) is 5.41 Å². The Hall–Kier alpha value is -1.08. The zero-order valence-corrected chi connectivity index (χ0v) is 3.99. The first-order chi connectivity index (χ1) is 3.18. The Morgan fingerprint density at radius 1 is 1.86 bits per heavy atom. The van der Waals surface area contributed by atoms with E-state index in [9.17, 15) is 4.79 Å². The summed E-state index contributed by atoms with van der Waals surface area (Å²) in [6.07, 6.45) is 0. The van der Waals surface area contributed by atoms with E-state index >= 15 is 0 Å². The molecule has 0 saturated carbocycles. The van der Waals surface area contributed by atoms with Crippen molar-refractivity contribution in [2.45, 2.75) is 6.92 Å². The third-order valence-corrected chi connectivity index (χ3v) is 0.557. The van der Waals surface area contributed by atoms with E-state index in [4.69, 9.17) is 11.1 Å². The zero-order chi connectivity index (χ0) is 5.86. The number of hydrogen-bond acceptors (Lipinski definition) is 2. The van der Waals surface area contributed by atoms with Crippen LogP contribution in [0.3, 0.4) is 0 Å². The molecule has 0 amide bonds. The first-order valence-electron chi connectivity index (χ1n) is 1.74. The van der Waals surface area contributed by atoms with Crippen LogP contribution in [0, 0.1) is 5.41 Å². The molecule has 0 rings (SSSR count). The van der Waals surface area contributed by atoms with Crippen LogP contribution in [-0.2, 0) is 4.79 Å². The van der Waals surface area contributed by atoms with Crippen molar-refractivity contribution < 1.29 is 4.79 Å². The van der Waals surface area contributed by atoms with Crippen LogP contribution in [0.1, 0.15) is 6.92 Å². The van der Waals surface area contributed by atoms with Crippen molar-refractivity contribution in [3.63, 3.8) is 0 Å². The van der Waals surface area contributed by atoms with Gasteiger partial charge in [0.05, 0.1) is 5.57 Å². The predicted octanol–water partition coefficient (Wildman–Crippen LogP) is -0.300. The minimum atomic E-state index is -0.213. The molecule has 0 atom stereocenters. The molecule has 0 aliphatic rings. The monoisotopic (exact) mass is 98.0 g/mol. The van der Waals surface area contributed by atoms with E-state index in [1.165, 1.54) is 12.9 Å². The van der Waals surface area contributed by atoms with Gasteiger partial charge in [-0.05, 0) is 6.92 Å². The topological polar surface area (TPSA) is 66.9 Å². The van der Waals surface area contributed by atoms with E-state index in [0.29, 0.717) is 0 Å². The lowest BCUT2D eigenvalue weighted by Crippen LogP contribution is -2.10. The van der Waals surface area contributed by atoms with Crippen LogP contribution in [0.15, 0.2) is 5.57 Å². The van der Waals surface area contributed by atoms with Crippen LogP contribution in [0.25, 0.3) is 0 Å². The molecule has 0 radical (unpaired) electrons. The average Bonchev–Trinajstić information content (AvgIpc) is 1.65. The van der Waals surface area contributed by atoms with E-state index in [1.54, 1.807) is 0 Å². The third kappa shape index (κ3) is 1.73. The molecule has 0 aromatic rings. The van der Waals surface area contributed by atoms with Crippen LogP contribution >= 0.6 is 0 Å². The number of amidine groups is 1. The zero-order valence-electron chi connectivity index (χ0n) is 3.99. The summed E-state index contributed by atoms with van der Waals surface area (Å²) in [6, 6.07) is 0. The molecule has 0 fully saturated rings. The fraction of sp³-hybridized carbons (Fsp3) is 0.250. The minimum Gasteiger partial charge on any atom is -0.383 e. The second-order valence-corrected chi connectivity index (χ2v) is 1.14. The molecule has 0 aliphatic carbocycles. The van der Waals surface area contributed by atoms with Gasteiger partial charge < -0.3 is 5.73 Å². The Morgan fingerprint density at radius 3 is 2.29 bits per heavy atom. The van der Waals surface area contributed by atoms with Gasteiger partial charge in [-0.1, -0.05) is 0 Å². The maximum atomic E-state index is 9.56. The van der Waals surface area contributed by atoms with Gasteiger partial charge in [0.25, 0.3) is 0 Å². The highest BCUT2D eigenvalue weighted by Gasteiger charge is 1.87. The Morgan fingerprint density at radius 2 is 2.29 bits per heavy atom. The largest absolute Gasteiger partial charge is 0.383 e. The van der Waals surface area contributed by atoms with Gasteiger partial charge in [0.15, 0.2) is 0 Å². The first-order valence-corrected chi connectivity index (χ1v) is 1.74. The van der Waals surface area contributed by atoms with Crippen LogP contribution in [-0.4, -0.2) is 11.8 Å². The molecule has 3 N–H and O–H groups in total. The fourth-order valence-corrected chi connectivity index (χ4v) is 0.0550. The molecule has 0 heterocycles. The molecule has 0 aliphatic heterocycles. The van der Waals surface area contributed by atoms with Gasteiger partial charge in [0.2, 0.25) is 0 Å². The van der Waals surface area contributed by atoms with Gasteiger partial charge >= 0.3 is 0 Å². The number of nitrogens with one attached hydrogen (secondary N) is 1. The summed E-state index contributed by atoms with van der Waals surface area (Å²) in [5.74, 6) is 1.27. The molecule has 0 aromatic carbocycles. The summed E-state index contributed by atoms with van der Waals surface area (Å²) in [7, 11) is 0. The number of hydrogen-bond donors (Lipinski definition) is 2. The fourth-order valence-electron chi connectivity index (χ4n) is 0.0550. The molecule has 3 nitrogen and oxygen atoms in total. The molecular weight excluding hydrogens is 92.1 g/mol. The molecule has 0 saturated heterocycles. The summed E-state index contributed by atoms with van der Waals surface area (Å²) in [5.41, 5.74) is 4.98. The summed E-state index contributed by atoms with van der Waals surface area (Å²) < 4.78 is 0. The molecule has 3 heteroatoms. The van der Waals surface area contributed by atoms with Crippen molar-refractivity contribution in [2.24, 2.45) is 5.73 Å². The second kappa shape index (κ2) is 2.16. The van der Waals surface area contributed by atoms with E-state index in [1.807, 2.05) is 0 Å². The summed E-state index contributed by atoms with van der Waals surface area (Å²) in [4.78, 5) is 9.56. The van der Waals surface area contributed by atoms with Crippen molar-refractivity contribution in [1.82, 2.24) is 0 Å². The Kier molecular flexibility index (Phi) is 1.82. The highest BCUT2D eigenvalue weighted by molar-refractivity contribution is 6.00. The lowest BCUT2D eigenvalue weighted by Gasteiger charge is -1.83. The number of nitrogens with two attached hydrogens (primary N) is 1. The van der Waals surface area contributed by atoms with Crippen molar-refractivity contribution in [1.29, 1.82) is 5.41 Å². The van der Waals surface area contributed by atoms with Gasteiger partial charge in [-0.15, -0.1) is 0 Å². The van der Waals surface area contributed by atoms with Gasteiger partial charge in [-0.2, -0.15) is 0 Å². The molecular formula is C4H6N2O. The smallest absolute Gasteiger partial charge is 0.131 e. The molecule has 0 unspecified atom stereocenters. The average molecular weight is 98.1 g/mol. The molecule has 38 valence electrons. The highest BCUT2D eigenvalue weighted by atomic mass is 16.1. The van der Waals surface area contributed by atoms with Gasteiger partial charge in [-0.25, -0.2) is 4.79 Å². The molecule has 0 bridgehead atoms. The van der Waals surface area contributed by atoms with Crippen LogP contribution in [0.5, 0.6) is 0 Å². The van der Waals surface area contributed by atoms with E-state index in [0.717, 1.165) is 0 Å². The summed E-state index contributed by atoms with van der Waals surface area (Å²) >= 11 is 0. The van der Waals surface area contributed by atoms with Gasteiger partial charge in [0.1, 0.15) is 11.8 Å². The first kappa shape index (κ1) is 5.92. The van der Waals surface area contributed by atoms with Crippen molar-refractivity contribution in [2.75, 3.05) is 0 Å². The molecule has 0 spiro atoms. The standard InChI is InChI=1S/C4H6N2O/c1-3(2-7)4(5)6/h1H3,(H3,5,6). The maximum absolute atomic E-state index is 9.56. The van der Waals surface area contributed by atoms with Crippen molar-refractivity contribution >= 4 is 11.8 Å². The summed E-state index contributed by atoms with van der Waals surface area (Å²) in [5, 5.41) is 6.58. The highest BCUT2D eigenvalue weighted by Crippen LogP contribution is 1.77. The SMILES string of the molecule is CC(=C=O)C(=N)N. The predicted molar refractivity (Wildman–Crippen MR) is 26.8 cm³/mol. The van der Waals surface area contributed by atoms with Gasteiger partial charge in [0, 0.05) is 0 Å². The third-order valence-electron chi connectivity index (χ3n) is 0.557. The second-order valence-electron chi connectivity index (χ2n) is 1.14. The van der Waals surface area contributed by atoms with Crippen LogP contribution in [0.2, 0.25) is 0 Å². The van der Waals surface area contributed by atoms with E-state index in [2.05, 4.69) is 0 Å². The van der Waals surface area contributed by atoms with Crippen LogP contribution in [0.4, 0.5) is 0 Å². The van der Waals surface area contributed by atoms with E-state index < -0.39 is 0 Å².